The van der Waals surface area contributed by atoms with E-state index < -0.39 is 25.8 Å². The molecule has 0 aromatic carbocycles. The van der Waals surface area contributed by atoms with Crippen molar-refractivity contribution in [2.24, 2.45) is 0 Å². The van der Waals surface area contributed by atoms with Gasteiger partial charge in [0.2, 0.25) is 0 Å². The van der Waals surface area contributed by atoms with E-state index in [0.717, 1.165) is 6.61 Å². The molecule has 11 rings (SSSR count). The molecule has 0 aliphatic carbocycles. The summed E-state index contributed by atoms with van der Waals surface area (Å²) in [7, 11) is 0. The monoisotopic (exact) mass is 332 g/mol. The van der Waals surface area contributed by atoms with Gasteiger partial charge in [0, 0.05) is 0 Å². The summed E-state index contributed by atoms with van der Waals surface area (Å²) in [6.07, 6.45) is 2.92. The Morgan fingerprint density at radius 3 is 2.00 bits per heavy atom. The van der Waals surface area contributed by atoms with E-state index in [4.69, 9.17) is 3.79 Å². The standard InChI is InChI=1S/C6H6.C5H5.C4H8O.Al.Zr/c1-6-4-2-3-5-6;1-2-4-5-3-1;1-2-3-4-5;;/h2-5H,1H2;1-5H;1-4H2;;/q;;-1;+1;. The molecule has 0 aromatic heterocycles. The maximum absolute atomic E-state index is 6.34. The molecule has 11 heterocycles. The summed E-state index contributed by atoms with van der Waals surface area (Å²) in [5, 5.41) is 3.35. The Morgan fingerprint density at radius 1 is 0.944 bits per heavy atom. The van der Waals surface area contributed by atoms with Crippen molar-refractivity contribution < 1.29 is 15.1 Å². The summed E-state index contributed by atoms with van der Waals surface area (Å²) in [5.41, 5.74) is 0. The van der Waals surface area contributed by atoms with Gasteiger partial charge in [-0.1, -0.05) is 0 Å². The molecule has 0 N–H and O–H groups in total. The van der Waals surface area contributed by atoms with Crippen molar-refractivity contribution in [3.05, 3.63) is 0 Å². The maximum atomic E-state index is 6.34. The quantitative estimate of drug-likeness (QED) is 0.674. The molecule has 0 saturated carbocycles. The molecule has 11 aliphatic heterocycles. The second kappa shape index (κ2) is 0.710. The third kappa shape index (κ3) is 0.0901. The third-order valence-electron chi connectivity index (χ3n) is 22.5. The Kier molecular flexibility index (Phi) is 0.299. The van der Waals surface area contributed by atoms with Crippen LogP contribution in [-0.4, -0.2) is 21.1 Å². The van der Waals surface area contributed by atoms with Gasteiger partial charge in [-0.25, -0.2) is 0 Å². The molecule has 4 unspecified atom stereocenters. The topological polar surface area (TPSA) is 9.23 Å². The minimum atomic E-state index is -3.21. The Morgan fingerprint density at radius 2 is 1.61 bits per heavy atom. The van der Waals surface area contributed by atoms with E-state index in [2.05, 4.69) is 0 Å². The second-order valence-electron chi connectivity index (χ2n) is 15.2. The average Bonchev–Trinajstić information content (AvgIpc) is 3.34. The number of rotatable bonds is 2. The zero-order valence-electron chi connectivity index (χ0n) is 10.7. The summed E-state index contributed by atoms with van der Waals surface area (Å²) in [4.78, 5) is 0. The van der Waals surface area contributed by atoms with E-state index in [1.54, 1.807) is 43.2 Å². The molecule has 0 radical (unpaired) electrons. The van der Waals surface area contributed by atoms with Crippen LogP contribution in [0.3, 0.4) is 0 Å². The molecule has 0 aromatic rings. The van der Waals surface area contributed by atoms with Gasteiger partial charge in [-0.05, 0) is 0 Å². The van der Waals surface area contributed by atoms with Crippen LogP contribution in [0.2, 0.25) is 46.3 Å². The SMILES string of the molecule is C1C[CH2][Al]([CH2][C]23[CH]4[CH]5[CH]6[CH]2[Zr]56432789[CH]3[CH]2[CH]7[CH]8[CH]39)[O]C1. The second-order valence-corrected chi connectivity index (χ2v) is 70.4. The van der Waals surface area contributed by atoms with Gasteiger partial charge in [0.15, 0.2) is 0 Å². The fourth-order valence-electron chi connectivity index (χ4n) is 26.4. The van der Waals surface area contributed by atoms with E-state index in [1.165, 1.54) is 16.0 Å². The fraction of sp³-hybridized carbons (Fsp3) is 1.00. The number of hydrogen-bond donors (Lipinski definition) is 0. The van der Waals surface area contributed by atoms with Crippen molar-refractivity contribution in [1.29, 1.82) is 0 Å². The van der Waals surface area contributed by atoms with E-state index in [9.17, 15) is 0 Å². The van der Waals surface area contributed by atoms with Crippen LogP contribution in [-0.2, 0) is 15.1 Å². The first kappa shape index (κ1) is 7.58. The van der Waals surface area contributed by atoms with Crippen LogP contribution in [0, 0.1) is 0 Å². The van der Waals surface area contributed by atoms with Crippen LogP contribution in [0.5, 0.6) is 0 Å². The molecule has 18 heavy (non-hydrogen) atoms. The first-order valence-corrected chi connectivity index (χ1v) is 25.4. The van der Waals surface area contributed by atoms with E-state index in [-0.39, 0.29) is 0 Å². The predicted molar refractivity (Wildman–Crippen MR) is 67.0 cm³/mol. The molecule has 0 bridgehead atoms. The molecular formula is C15H19AlOZr. The van der Waals surface area contributed by atoms with Gasteiger partial charge in [0.05, 0.1) is 0 Å². The average molecular weight is 334 g/mol. The molecule has 0 amide bonds. The van der Waals surface area contributed by atoms with Gasteiger partial charge >= 0.3 is 95.4 Å². The number of hydrogen-bond acceptors (Lipinski definition) is 1. The van der Waals surface area contributed by atoms with Crippen molar-refractivity contribution >= 4 is 14.5 Å². The van der Waals surface area contributed by atoms with Gasteiger partial charge in [0.1, 0.15) is 0 Å². The third-order valence-corrected chi connectivity index (χ3v) is 122. The van der Waals surface area contributed by atoms with Crippen molar-refractivity contribution in [3.8, 4) is 0 Å². The van der Waals surface area contributed by atoms with Crippen molar-refractivity contribution in [1.82, 2.24) is 0 Å². The van der Waals surface area contributed by atoms with Crippen LogP contribution in [0.25, 0.3) is 0 Å². The van der Waals surface area contributed by atoms with E-state index in [1.807, 2.05) is 0 Å². The van der Waals surface area contributed by atoms with Crippen LogP contribution < -0.4 is 0 Å². The Bertz CT molecular complexity index is 896. The molecule has 92 valence electrons. The minimum absolute atomic E-state index is 0.709. The summed E-state index contributed by atoms with van der Waals surface area (Å²) < 4.78 is 21.7. The van der Waals surface area contributed by atoms with Crippen LogP contribution in [0.4, 0.5) is 0 Å². The molecule has 1 spiro atoms. The molecule has 11 saturated heterocycles. The zero-order valence-corrected chi connectivity index (χ0v) is 14.3. The van der Waals surface area contributed by atoms with Gasteiger partial charge < -0.3 is 0 Å². The van der Waals surface area contributed by atoms with Crippen molar-refractivity contribution in [2.75, 3.05) is 6.61 Å². The molecular weight excluding hydrogens is 314 g/mol. The Hall–Kier alpha value is 1.38. The molecule has 4 atom stereocenters. The van der Waals surface area contributed by atoms with Gasteiger partial charge in [0.25, 0.3) is 0 Å². The fourth-order valence-corrected chi connectivity index (χ4v) is 265. The first-order chi connectivity index (χ1) is 8.62. The number of fused-ring (bicyclic) bond motifs is 10. The summed E-state index contributed by atoms with van der Waals surface area (Å²) in [6, 6.07) is 0. The first-order valence-electron chi connectivity index (χ1n) is 9.29. The van der Waals surface area contributed by atoms with Crippen LogP contribution in [0.1, 0.15) is 12.8 Å². The molecule has 11 aliphatic rings. The van der Waals surface area contributed by atoms with Crippen LogP contribution in [0.15, 0.2) is 0 Å². The Labute approximate surface area is 94.5 Å². The van der Waals surface area contributed by atoms with Gasteiger partial charge in [-0.3, -0.25) is 0 Å². The van der Waals surface area contributed by atoms with E-state index in [0.29, 0.717) is 0 Å². The summed E-state index contributed by atoms with van der Waals surface area (Å²) >= 11 is -3.92. The zero-order chi connectivity index (χ0) is 10.8. The summed E-state index contributed by atoms with van der Waals surface area (Å²) in [5.74, 6) is 0. The molecule has 3 heteroatoms. The van der Waals surface area contributed by atoms with E-state index >= 15 is 0 Å². The van der Waals surface area contributed by atoms with Crippen LogP contribution >= 0.6 is 0 Å². The van der Waals surface area contributed by atoms with Crippen molar-refractivity contribution in [2.45, 2.75) is 59.2 Å². The molecule has 11 fully saturated rings. The predicted octanol–water partition coefficient (Wildman–Crippen LogP) is 4.55. The van der Waals surface area contributed by atoms with Crippen molar-refractivity contribution in [3.63, 3.8) is 0 Å². The Balaban J connectivity index is 1.32. The molecule has 1 nitrogen and oxygen atoms in total. The van der Waals surface area contributed by atoms with Gasteiger partial charge in [-0.2, -0.15) is 0 Å². The summed E-state index contributed by atoms with van der Waals surface area (Å²) in [6.45, 7) is 1.16. The van der Waals surface area contributed by atoms with Gasteiger partial charge in [-0.15, -0.1) is 0 Å². The normalized spacial score (nSPS) is 118.